The third kappa shape index (κ3) is 5.68. The lowest BCUT2D eigenvalue weighted by Crippen LogP contribution is -2.22. The molecule has 0 radical (unpaired) electrons. The molecule has 0 saturated heterocycles. The Hall–Kier alpha value is -2.69. The zero-order valence-corrected chi connectivity index (χ0v) is 18.5. The van der Waals surface area contributed by atoms with E-state index in [1.54, 1.807) is 43.6 Å². The van der Waals surface area contributed by atoms with Crippen LogP contribution >= 0.6 is 23.3 Å². The lowest BCUT2D eigenvalue weighted by molar-refractivity contribution is -0.126. The summed E-state index contributed by atoms with van der Waals surface area (Å²) in [5, 5.41) is 5.45. The number of hydrogen-bond acceptors (Lipinski definition) is 9. The Balaban J connectivity index is 1.65. The number of thiazole rings is 1. The second kappa shape index (κ2) is 10.9. The van der Waals surface area contributed by atoms with E-state index in [-0.39, 0.29) is 5.91 Å². The summed E-state index contributed by atoms with van der Waals surface area (Å²) in [4.78, 5) is 25.6. The minimum atomic E-state index is -0.795. The molecular formula is C20H23N5O3S2. The third-order valence-corrected chi connectivity index (χ3v) is 5.86. The fourth-order valence-corrected chi connectivity index (χ4v) is 3.96. The normalized spacial score (nSPS) is 11.7. The highest BCUT2D eigenvalue weighted by molar-refractivity contribution is 8.00. The number of nitrogens with one attached hydrogen (secondary N) is 2. The second-order valence-corrected chi connectivity index (χ2v) is 7.92. The summed E-state index contributed by atoms with van der Waals surface area (Å²) in [6, 6.07) is 7.32. The van der Waals surface area contributed by atoms with Crippen LogP contribution in [0.3, 0.4) is 0 Å². The Bertz CT molecular complexity index is 965. The summed E-state index contributed by atoms with van der Waals surface area (Å²) < 4.78 is 13.7. The molecule has 2 heterocycles. The topological polar surface area (TPSA) is 98.3 Å². The fraction of sp³-hybridized carbons (Fsp3) is 0.300. The highest BCUT2D eigenvalue weighted by atomic mass is 32.2. The average Bonchev–Trinajstić information content (AvgIpc) is 3.23. The molecule has 1 unspecified atom stereocenters. The molecule has 3 rings (SSSR count). The molecule has 1 aromatic carbocycles. The molecule has 0 aliphatic heterocycles. The number of nitrogens with zero attached hydrogens (tertiary/aromatic N) is 3. The number of rotatable bonds is 10. The zero-order valence-electron chi connectivity index (χ0n) is 16.9. The van der Waals surface area contributed by atoms with Crippen molar-refractivity contribution >= 4 is 40.0 Å². The molecule has 8 nitrogen and oxygen atoms in total. The minimum absolute atomic E-state index is 0.288. The summed E-state index contributed by atoms with van der Waals surface area (Å²) in [5.74, 6) is 1.14. The minimum Gasteiger partial charge on any atom is -0.480 e. The molecule has 0 aliphatic carbocycles. The van der Waals surface area contributed by atoms with Crippen LogP contribution in [0, 0.1) is 0 Å². The summed E-state index contributed by atoms with van der Waals surface area (Å²) in [6.45, 7) is 2.11. The Morgan fingerprint density at radius 3 is 2.70 bits per heavy atom. The quantitative estimate of drug-likeness (QED) is 0.350. The lowest BCUT2D eigenvalue weighted by Gasteiger charge is -2.13. The van der Waals surface area contributed by atoms with E-state index in [2.05, 4.69) is 31.9 Å². The molecule has 0 aliphatic rings. The zero-order chi connectivity index (χ0) is 21.3. The van der Waals surface area contributed by atoms with Crippen molar-refractivity contribution in [3.05, 3.63) is 47.7 Å². The van der Waals surface area contributed by atoms with Gasteiger partial charge in [0.05, 0.1) is 30.9 Å². The highest BCUT2D eigenvalue weighted by Gasteiger charge is 2.23. The molecule has 0 spiro atoms. The Morgan fingerprint density at radius 1 is 1.20 bits per heavy atom. The Morgan fingerprint density at radius 2 is 2.00 bits per heavy atom. The molecule has 30 heavy (non-hydrogen) atoms. The molecule has 1 atom stereocenters. The maximum absolute atomic E-state index is 12.7. The van der Waals surface area contributed by atoms with E-state index in [4.69, 9.17) is 9.47 Å². The number of aromatic nitrogens is 3. The maximum Gasteiger partial charge on any atom is 0.259 e. The third-order valence-electron chi connectivity index (χ3n) is 4.00. The summed E-state index contributed by atoms with van der Waals surface area (Å²) in [7, 11) is 3.04. The molecule has 0 saturated carbocycles. The number of amides is 1. The van der Waals surface area contributed by atoms with Crippen molar-refractivity contribution in [3.8, 4) is 17.1 Å². The average molecular weight is 446 g/mol. The first-order valence-electron chi connectivity index (χ1n) is 9.28. The second-order valence-electron chi connectivity index (χ2n) is 6.16. The van der Waals surface area contributed by atoms with Crippen LogP contribution in [0.1, 0.15) is 25.1 Å². The van der Waals surface area contributed by atoms with Crippen molar-refractivity contribution in [1.82, 2.24) is 15.0 Å². The predicted octanol–water partition coefficient (Wildman–Crippen LogP) is 4.41. The highest BCUT2D eigenvalue weighted by Crippen LogP contribution is 2.26. The van der Waals surface area contributed by atoms with Gasteiger partial charge in [-0.1, -0.05) is 31.0 Å². The first-order chi connectivity index (χ1) is 14.6. The summed E-state index contributed by atoms with van der Waals surface area (Å²) in [6.07, 6.45) is 3.48. The Kier molecular flexibility index (Phi) is 8.00. The Labute approximate surface area is 183 Å². The van der Waals surface area contributed by atoms with Gasteiger partial charge in [-0.2, -0.15) is 0 Å². The molecule has 10 heteroatoms. The lowest BCUT2D eigenvalue weighted by atomic mass is 10.1. The van der Waals surface area contributed by atoms with Crippen molar-refractivity contribution in [1.29, 1.82) is 0 Å². The van der Waals surface area contributed by atoms with Gasteiger partial charge in [0.25, 0.3) is 5.91 Å². The number of ether oxygens (including phenoxy) is 2. The summed E-state index contributed by atoms with van der Waals surface area (Å²) >= 11 is 3.03. The van der Waals surface area contributed by atoms with Crippen LogP contribution in [-0.2, 0) is 9.53 Å². The molecule has 2 N–H and O–H groups in total. The van der Waals surface area contributed by atoms with Crippen molar-refractivity contribution in [2.75, 3.05) is 30.0 Å². The standard InChI is InChI=1S/C20H23N5O3S2/c1-4-9-30-25-20-24-16(12-29-20)18(28-3)19(26)22-14-7-5-13(6-8-14)15-10-21-11-17(23-15)27-2/h5-8,10-12,18H,4,9H2,1-3H3,(H,22,26)(H,24,25). The molecule has 158 valence electrons. The van der Waals surface area contributed by atoms with Gasteiger partial charge in [0.15, 0.2) is 11.2 Å². The van der Waals surface area contributed by atoms with Crippen LogP contribution in [0.15, 0.2) is 42.0 Å². The van der Waals surface area contributed by atoms with E-state index in [0.717, 1.165) is 22.9 Å². The van der Waals surface area contributed by atoms with Crippen LogP contribution < -0.4 is 14.8 Å². The smallest absolute Gasteiger partial charge is 0.259 e. The van der Waals surface area contributed by atoms with Gasteiger partial charge in [-0.3, -0.25) is 9.78 Å². The van der Waals surface area contributed by atoms with E-state index in [1.807, 2.05) is 17.5 Å². The number of hydrogen-bond donors (Lipinski definition) is 2. The van der Waals surface area contributed by atoms with Gasteiger partial charge in [0, 0.05) is 29.5 Å². The SMILES string of the molecule is CCCSNc1nc(C(OC)C(=O)Nc2ccc(-c3cncc(OC)n3)cc2)cs1. The van der Waals surface area contributed by atoms with Crippen molar-refractivity contribution in [2.24, 2.45) is 0 Å². The van der Waals surface area contributed by atoms with Gasteiger partial charge in [-0.25, -0.2) is 9.97 Å². The van der Waals surface area contributed by atoms with Crippen molar-refractivity contribution in [2.45, 2.75) is 19.4 Å². The van der Waals surface area contributed by atoms with E-state index in [9.17, 15) is 4.79 Å². The van der Waals surface area contributed by atoms with Gasteiger partial charge in [-0.05, 0) is 18.6 Å². The fourth-order valence-electron chi connectivity index (χ4n) is 2.55. The predicted molar refractivity (Wildman–Crippen MR) is 121 cm³/mol. The van der Waals surface area contributed by atoms with Crippen LogP contribution in [0.25, 0.3) is 11.3 Å². The molecule has 0 fully saturated rings. The molecule has 3 aromatic rings. The van der Waals surface area contributed by atoms with E-state index in [1.165, 1.54) is 18.4 Å². The molecular weight excluding hydrogens is 422 g/mol. The van der Waals surface area contributed by atoms with E-state index < -0.39 is 6.10 Å². The number of anilines is 2. The number of carbonyl (C=O) groups excluding carboxylic acids is 1. The van der Waals surface area contributed by atoms with Crippen LogP contribution in [0.4, 0.5) is 10.8 Å². The van der Waals surface area contributed by atoms with Gasteiger partial charge in [0.1, 0.15) is 0 Å². The monoisotopic (exact) mass is 445 g/mol. The van der Waals surface area contributed by atoms with E-state index in [0.29, 0.717) is 23.0 Å². The van der Waals surface area contributed by atoms with Gasteiger partial charge in [-0.15, -0.1) is 11.3 Å². The molecule has 0 bridgehead atoms. The van der Waals surface area contributed by atoms with E-state index >= 15 is 0 Å². The molecule has 2 aromatic heterocycles. The van der Waals surface area contributed by atoms with Gasteiger partial charge < -0.3 is 19.5 Å². The molecule has 1 amide bonds. The largest absolute Gasteiger partial charge is 0.480 e. The van der Waals surface area contributed by atoms with Gasteiger partial charge in [0.2, 0.25) is 5.88 Å². The number of carbonyl (C=O) groups is 1. The van der Waals surface area contributed by atoms with Gasteiger partial charge >= 0.3 is 0 Å². The van der Waals surface area contributed by atoms with Crippen molar-refractivity contribution < 1.29 is 14.3 Å². The van der Waals surface area contributed by atoms with Crippen LogP contribution in [0.2, 0.25) is 0 Å². The van der Waals surface area contributed by atoms with Crippen LogP contribution in [0.5, 0.6) is 5.88 Å². The first-order valence-corrected chi connectivity index (χ1v) is 11.1. The van der Waals surface area contributed by atoms with Crippen molar-refractivity contribution in [3.63, 3.8) is 0 Å². The summed E-state index contributed by atoms with van der Waals surface area (Å²) in [5.41, 5.74) is 2.77. The van der Waals surface area contributed by atoms with Crippen LogP contribution in [-0.4, -0.2) is 40.8 Å². The first kappa shape index (κ1) is 22.0. The number of methoxy groups -OCH3 is 2. The number of benzene rings is 1. The maximum atomic E-state index is 12.7.